The van der Waals surface area contributed by atoms with Crippen LogP contribution >= 0.6 is 0 Å². The van der Waals surface area contributed by atoms with E-state index in [1.54, 1.807) is 10.8 Å². The van der Waals surface area contributed by atoms with Crippen molar-refractivity contribution in [1.29, 1.82) is 0 Å². The summed E-state index contributed by atoms with van der Waals surface area (Å²) < 4.78 is 12.4. The van der Waals surface area contributed by atoms with Gasteiger partial charge in [-0.15, -0.1) is 0 Å². The third-order valence-corrected chi connectivity index (χ3v) is 5.35. The average molecular weight is 375 g/mol. The summed E-state index contributed by atoms with van der Waals surface area (Å²) in [5.41, 5.74) is 0.995. The fourth-order valence-electron chi connectivity index (χ4n) is 3.53. The molecule has 0 bridgehead atoms. The number of carbonyl (C=O) groups is 1. The first-order valence-corrected chi connectivity index (χ1v) is 9.60. The van der Waals surface area contributed by atoms with Gasteiger partial charge in [-0.1, -0.05) is 13.3 Å². The fraction of sp³-hybridized carbons (Fsp3) is 0.667. The van der Waals surface area contributed by atoms with E-state index < -0.39 is 0 Å². The Balaban J connectivity index is 1.43. The van der Waals surface area contributed by atoms with Crippen LogP contribution in [0.15, 0.2) is 11.0 Å². The second-order valence-electron chi connectivity index (χ2n) is 7.33. The molecule has 0 atom stereocenters. The van der Waals surface area contributed by atoms with Gasteiger partial charge in [-0.05, 0) is 25.7 Å². The Labute approximate surface area is 156 Å². The number of rotatable bonds is 8. The lowest BCUT2D eigenvalue weighted by Gasteiger charge is -2.34. The molecule has 2 fully saturated rings. The van der Waals surface area contributed by atoms with E-state index in [1.807, 2.05) is 0 Å². The smallest absolute Gasteiger partial charge is 0.327 e. The van der Waals surface area contributed by atoms with Crippen LogP contribution in [0.1, 0.15) is 39.0 Å². The van der Waals surface area contributed by atoms with Crippen LogP contribution in [0.5, 0.6) is 6.01 Å². The highest BCUT2D eigenvalue weighted by atomic mass is 16.5. The number of esters is 1. The number of cyclic esters (lactones) is 1. The number of fused-ring (bicyclic) bond motifs is 1. The summed E-state index contributed by atoms with van der Waals surface area (Å²) in [6.07, 6.45) is 6.43. The molecule has 3 heterocycles. The van der Waals surface area contributed by atoms with Crippen molar-refractivity contribution in [3.63, 3.8) is 0 Å². The molecule has 1 spiro atoms. The number of unbranched alkanes of at least 4 members (excludes halogenated alkanes) is 1. The number of imidazole rings is 1. The summed E-state index contributed by atoms with van der Waals surface area (Å²) in [5.74, 6) is -0.168. The number of hydrogen-bond acceptors (Lipinski definition) is 7. The van der Waals surface area contributed by atoms with Crippen LogP contribution < -0.4 is 10.4 Å². The summed E-state index contributed by atoms with van der Waals surface area (Å²) >= 11 is 0. The van der Waals surface area contributed by atoms with E-state index in [1.165, 1.54) is 0 Å². The maximum Gasteiger partial charge on any atom is 0.327 e. The van der Waals surface area contributed by atoms with Gasteiger partial charge < -0.3 is 14.5 Å². The highest BCUT2D eigenvalue weighted by Crippen LogP contribution is 2.43. The first-order chi connectivity index (χ1) is 13.1. The normalized spacial score (nSPS) is 18.8. The third-order valence-electron chi connectivity index (χ3n) is 5.35. The molecule has 0 unspecified atom stereocenters. The number of carbonyl (C=O) groups excluding carboxylic acids is 1. The second-order valence-corrected chi connectivity index (χ2v) is 7.33. The van der Waals surface area contributed by atoms with Crippen LogP contribution in [0.3, 0.4) is 0 Å². The van der Waals surface area contributed by atoms with Gasteiger partial charge in [0, 0.05) is 13.1 Å². The van der Waals surface area contributed by atoms with E-state index in [0.29, 0.717) is 43.5 Å². The molecular weight excluding hydrogens is 350 g/mol. The lowest BCUT2D eigenvalue weighted by molar-refractivity contribution is -0.156. The molecule has 1 saturated carbocycles. The predicted octanol–water partition coefficient (Wildman–Crippen LogP) is 1.08. The van der Waals surface area contributed by atoms with Crippen LogP contribution in [0.2, 0.25) is 0 Å². The summed E-state index contributed by atoms with van der Waals surface area (Å²) in [6, 6.07) is 0.291. The van der Waals surface area contributed by atoms with Gasteiger partial charge >= 0.3 is 17.7 Å². The molecule has 9 heteroatoms. The van der Waals surface area contributed by atoms with Gasteiger partial charge in [0.05, 0.1) is 24.9 Å². The second kappa shape index (κ2) is 7.30. The van der Waals surface area contributed by atoms with Crippen molar-refractivity contribution in [2.45, 2.75) is 51.1 Å². The summed E-state index contributed by atoms with van der Waals surface area (Å²) in [6.45, 7) is 4.74. The van der Waals surface area contributed by atoms with Gasteiger partial charge in [-0.2, -0.15) is 4.98 Å². The predicted molar refractivity (Wildman–Crippen MR) is 97.7 cm³/mol. The zero-order chi connectivity index (χ0) is 18.9. The number of nitrogens with one attached hydrogen (secondary N) is 1. The quantitative estimate of drug-likeness (QED) is 0.544. The monoisotopic (exact) mass is 375 g/mol. The van der Waals surface area contributed by atoms with Crippen LogP contribution in [0.25, 0.3) is 11.2 Å². The molecule has 0 amide bonds. The zero-order valence-corrected chi connectivity index (χ0v) is 15.6. The number of hydrogen-bond donors (Lipinski definition) is 1. The minimum atomic E-state index is -0.204. The lowest BCUT2D eigenvalue weighted by atomic mass is 10.2. The molecule has 0 radical (unpaired) electrons. The van der Waals surface area contributed by atoms with Crippen molar-refractivity contribution in [1.82, 2.24) is 24.4 Å². The van der Waals surface area contributed by atoms with Crippen LogP contribution in [0, 0.1) is 0 Å². The van der Waals surface area contributed by atoms with Crippen molar-refractivity contribution < 1.29 is 14.3 Å². The van der Waals surface area contributed by atoms with Gasteiger partial charge in [0.25, 0.3) is 0 Å². The van der Waals surface area contributed by atoms with Gasteiger partial charge in [0.2, 0.25) is 0 Å². The molecule has 1 aliphatic heterocycles. The van der Waals surface area contributed by atoms with Crippen LogP contribution in [0.4, 0.5) is 0 Å². The highest BCUT2D eigenvalue weighted by Gasteiger charge is 2.51. The number of ether oxygens (including phenoxy) is 2. The van der Waals surface area contributed by atoms with E-state index in [4.69, 9.17) is 9.47 Å². The summed E-state index contributed by atoms with van der Waals surface area (Å²) in [4.78, 5) is 37.4. The Hall–Kier alpha value is -2.42. The van der Waals surface area contributed by atoms with Crippen LogP contribution in [-0.2, 0) is 16.1 Å². The molecule has 1 saturated heterocycles. The summed E-state index contributed by atoms with van der Waals surface area (Å²) in [5, 5.41) is 0. The number of H-pyrrole nitrogens is 1. The van der Waals surface area contributed by atoms with Gasteiger partial charge in [0.15, 0.2) is 5.65 Å². The minimum absolute atomic E-state index is 0.0432. The first-order valence-electron chi connectivity index (χ1n) is 9.60. The summed E-state index contributed by atoms with van der Waals surface area (Å²) in [7, 11) is 0. The molecule has 2 aliphatic rings. The van der Waals surface area contributed by atoms with E-state index >= 15 is 0 Å². The fourth-order valence-corrected chi connectivity index (χ4v) is 3.53. The zero-order valence-electron chi connectivity index (χ0n) is 15.6. The lowest BCUT2D eigenvalue weighted by Crippen LogP contribution is -2.50. The largest absolute Gasteiger partial charge is 0.463 e. The number of aryl methyl sites for hydroxylation is 1. The molecule has 0 aromatic carbocycles. The maximum absolute atomic E-state index is 12.3. The Kier molecular flexibility index (Phi) is 4.86. The maximum atomic E-state index is 12.3. The number of morpholine rings is 1. The Morgan fingerprint density at radius 2 is 2.15 bits per heavy atom. The van der Waals surface area contributed by atoms with Crippen molar-refractivity contribution in [2.75, 3.05) is 26.3 Å². The van der Waals surface area contributed by atoms with Crippen LogP contribution in [-0.4, -0.2) is 62.2 Å². The topological polar surface area (TPSA) is 102 Å². The van der Waals surface area contributed by atoms with Gasteiger partial charge in [-0.25, -0.2) is 9.78 Å². The molecule has 4 rings (SSSR count). The highest BCUT2D eigenvalue weighted by molar-refractivity contribution is 5.73. The van der Waals surface area contributed by atoms with Crippen molar-refractivity contribution in [3.05, 3.63) is 16.7 Å². The molecule has 146 valence electrons. The Bertz CT molecular complexity index is 885. The molecule has 1 N–H and O–H groups in total. The van der Waals surface area contributed by atoms with E-state index in [2.05, 4.69) is 26.8 Å². The molecule has 9 nitrogen and oxygen atoms in total. The van der Waals surface area contributed by atoms with Crippen molar-refractivity contribution >= 4 is 17.1 Å². The number of aromatic nitrogens is 4. The van der Waals surface area contributed by atoms with E-state index in [9.17, 15) is 9.59 Å². The Morgan fingerprint density at radius 1 is 1.30 bits per heavy atom. The van der Waals surface area contributed by atoms with Gasteiger partial charge in [0.1, 0.15) is 12.1 Å². The molecule has 27 heavy (non-hydrogen) atoms. The first kappa shape index (κ1) is 18.0. The minimum Gasteiger partial charge on any atom is -0.463 e. The third kappa shape index (κ3) is 3.69. The van der Waals surface area contributed by atoms with Crippen molar-refractivity contribution in [3.8, 4) is 6.01 Å². The SMILES string of the molecule is CCCCOc1ncc2[nH]c(=O)n(CCCN3CC(=O)OCC34CC4)c2n1. The standard InChI is InChI=1S/C18H25N5O4/c1-2-3-9-26-16-19-10-13-15(21-16)23(17(25)20-13)8-4-7-22-11-14(24)27-12-18(22)5-6-18/h10H,2-9,11-12H2,1H3,(H,20,25). The number of aromatic amines is 1. The molecule has 2 aromatic rings. The Morgan fingerprint density at radius 3 is 2.93 bits per heavy atom. The molecular formula is C18H25N5O4. The van der Waals surface area contributed by atoms with E-state index in [-0.39, 0.29) is 17.2 Å². The molecule has 2 aromatic heterocycles. The number of nitrogens with zero attached hydrogens (tertiary/aromatic N) is 4. The average Bonchev–Trinajstić information content (AvgIpc) is 3.37. The molecule has 1 aliphatic carbocycles. The van der Waals surface area contributed by atoms with Crippen molar-refractivity contribution in [2.24, 2.45) is 0 Å². The van der Waals surface area contributed by atoms with Gasteiger partial charge in [-0.3, -0.25) is 14.3 Å². The van der Waals surface area contributed by atoms with E-state index in [0.717, 1.165) is 38.6 Å².